The normalized spacial score (nSPS) is 12.6. The molecule has 1 aromatic heterocycles. The van der Waals surface area contributed by atoms with Crippen molar-refractivity contribution >= 4 is 22.7 Å². The Morgan fingerprint density at radius 1 is 0.941 bits per heavy atom. The van der Waals surface area contributed by atoms with E-state index in [1.54, 1.807) is 19.2 Å². The minimum Gasteiger partial charge on any atom is -0.497 e. The molecule has 1 heterocycles. The first-order valence-electron chi connectivity index (χ1n) is 11.4. The molecule has 0 bridgehead atoms. The lowest BCUT2D eigenvalue weighted by atomic mass is 9.90. The second-order valence-corrected chi connectivity index (χ2v) is 8.36. The quantitative estimate of drug-likeness (QED) is 0.344. The van der Waals surface area contributed by atoms with Crippen LogP contribution in [0, 0.1) is 0 Å². The summed E-state index contributed by atoms with van der Waals surface area (Å²) in [5.74, 6) is 0.448. The van der Waals surface area contributed by atoms with Gasteiger partial charge in [0.1, 0.15) is 5.75 Å². The summed E-state index contributed by atoms with van der Waals surface area (Å²) in [6.45, 7) is 2.27. The molecule has 0 saturated carbocycles. The van der Waals surface area contributed by atoms with Crippen molar-refractivity contribution in [1.29, 1.82) is 0 Å². The van der Waals surface area contributed by atoms with Crippen LogP contribution in [0.25, 0.3) is 10.9 Å². The monoisotopic (exact) mass is 455 g/mol. The van der Waals surface area contributed by atoms with E-state index >= 15 is 0 Å². The summed E-state index contributed by atoms with van der Waals surface area (Å²) < 4.78 is 5.31. The van der Waals surface area contributed by atoms with Crippen molar-refractivity contribution in [3.8, 4) is 5.75 Å². The number of para-hydroxylation sites is 1. The maximum atomic E-state index is 12.8. The molecular formula is C28H29N3O3. The first-order chi connectivity index (χ1) is 16.5. The molecule has 0 fully saturated rings. The molecule has 6 nitrogen and oxygen atoms in total. The highest BCUT2D eigenvalue weighted by molar-refractivity contribution is 5.94. The molecule has 0 aliphatic rings. The van der Waals surface area contributed by atoms with Crippen LogP contribution in [0.3, 0.4) is 0 Å². The highest BCUT2D eigenvalue weighted by Crippen LogP contribution is 2.31. The minimum absolute atomic E-state index is 0.0415. The van der Waals surface area contributed by atoms with Gasteiger partial charge in [0, 0.05) is 47.6 Å². The number of rotatable bonds is 9. The van der Waals surface area contributed by atoms with Gasteiger partial charge in [-0.1, -0.05) is 48.5 Å². The Balaban J connectivity index is 1.45. The van der Waals surface area contributed by atoms with Crippen LogP contribution in [-0.4, -0.2) is 36.5 Å². The number of carbonyl (C=O) groups is 2. The molecular weight excluding hydrogens is 426 g/mol. The fourth-order valence-electron chi connectivity index (χ4n) is 4.14. The number of methoxy groups -OCH3 is 1. The number of amides is 2. The van der Waals surface area contributed by atoms with Crippen LogP contribution in [0.1, 0.15) is 40.7 Å². The Hall–Kier alpha value is -4.06. The zero-order chi connectivity index (χ0) is 23.9. The molecule has 174 valence electrons. The zero-order valence-electron chi connectivity index (χ0n) is 19.4. The molecule has 6 heteroatoms. The third-order valence-electron chi connectivity index (χ3n) is 5.92. The summed E-state index contributed by atoms with van der Waals surface area (Å²) in [5, 5.41) is 7.09. The highest BCUT2D eigenvalue weighted by atomic mass is 16.5. The first-order valence-corrected chi connectivity index (χ1v) is 11.4. The number of ether oxygens (including phenoxy) is 1. The third-order valence-corrected chi connectivity index (χ3v) is 5.92. The van der Waals surface area contributed by atoms with Gasteiger partial charge in [-0.25, -0.2) is 0 Å². The lowest BCUT2D eigenvalue weighted by Crippen LogP contribution is -2.38. The van der Waals surface area contributed by atoms with Crippen molar-refractivity contribution in [2.24, 2.45) is 0 Å². The molecule has 0 spiro atoms. The molecule has 0 saturated heterocycles. The van der Waals surface area contributed by atoms with Crippen LogP contribution in [0.15, 0.2) is 85.1 Å². The number of H-pyrrole nitrogens is 1. The molecule has 4 aromatic rings. The molecule has 4 rings (SSSR count). The van der Waals surface area contributed by atoms with E-state index in [2.05, 4.69) is 21.7 Å². The van der Waals surface area contributed by atoms with Crippen molar-refractivity contribution in [3.63, 3.8) is 0 Å². The molecule has 3 N–H and O–H groups in total. The lowest BCUT2D eigenvalue weighted by Gasteiger charge is -2.20. The van der Waals surface area contributed by atoms with Gasteiger partial charge < -0.3 is 20.4 Å². The number of benzene rings is 3. The standard InChI is InChI=1S/C28H29N3O3/c1-19(31-28(33)21-8-4-3-5-9-21)16-27(32)30-17-24(20-12-14-22(34-2)15-13-20)25-18-29-26-11-7-6-10-23(25)26/h3-15,18-19,24,29H,16-17H2,1-2H3,(H,30,32)(H,31,33). The number of hydrogen-bond donors (Lipinski definition) is 3. The molecule has 3 aromatic carbocycles. The summed E-state index contributed by atoms with van der Waals surface area (Å²) >= 11 is 0. The summed E-state index contributed by atoms with van der Waals surface area (Å²) in [6, 6.07) is 24.8. The topological polar surface area (TPSA) is 83.2 Å². The van der Waals surface area contributed by atoms with Gasteiger partial charge in [0.2, 0.25) is 5.91 Å². The molecule has 2 amide bonds. The van der Waals surface area contributed by atoms with E-state index in [0.717, 1.165) is 27.8 Å². The van der Waals surface area contributed by atoms with Crippen molar-refractivity contribution in [1.82, 2.24) is 15.6 Å². The number of hydrogen-bond acceptors (Lipinski definition) is 3. The smallest absolute Gasteiger partial charge is 0.251 e. The highest BCUT2D eigenvalue weighted by Gasteiger charge is 2.20. The predicted octanol–water partition coefficient (Wildman–Crippen LogP) is 4.63. The number of nitrogens with one attached hydrogen (secondary N) is 3. The van der Waals surface area contributed by atoms with Gasteiger partial charge >= 0.3 is 0 Å². The maximum absolute atomic E-state index is 12.8. The Kier molecular flexibility index (Phi) is 7.28. The predicted molar refractivity (Wildman–Crippen MR) is 134 cm³/mol. The lowest BCUT2D eigenvalue weighted by molar-refractivity contribution is -0.121. The van der Waals surface area contributed by atoms with Crippen LogP contribution >= 0.6 is 0 Å². The van der Waals surface area contributed by atoms with Gasteiger partial charge in [0.25, 0.3) is 5.91 Å². The van der Waals surface area contributed by atoms with E-state index in [-0.39, 0.29) is 30.2 Å². The fraction of sp³-hybridized carbons (Fsp3) is 0.214. The average molecular weight is 456 g/mol. The Labute approximate surface area is 199 Å². The van der Waals surface area contributed by atoms with Gasteiger partial charge in [-0.15, -0.1) is 0 Å². The van der Waals surface area contributed by atoms with Gasteiger partial charge in [0.15, 0.2) is 0 Å². The van der Waals surface area contributed by atoms with Gasteiger partial charge in [-0.2, -0.15) is 0 Å². The molecule has 0 radical (unpaired) electrons. The number of aromatic nitrogens is 1. The fourth-order valence-corrected chi connectivity index (χ4v) is 4.14. The summed E-state index contributed by atoms with van der Waals surface area (Å²) in [4.78, 5) is 28.4. The van der Waals surface area contributed by atoms with Crippen LogP contribution in [0.5, 0.6) is 5.75 Å². The van der Waals surface area contributed by atoms with Crippen molar-refractivity contribution in [3.05, 3.63) is 102 Å². The number of carbonyl (C=O) groups excluding carboxylic acids is 2. The summed E-state index contributed by atoms with van der Waals surface area (Å²) in [6.07, 6.45) is 2.20. The van der Waals surface area contributed by atoms with E-state index in [1.807, 2.05) is 73.8 Å². The van der Waals surface area contributed by atoms with Crippen molar-refractivity contribution in [2.45, 2.75) is 25.3 Å². The van der Waals surface area contributed by atoms with Crippen LogP contribution in [-0.2, 0) is 4.79 Å². The van der Waals surface area contributed by atoms with Crippen LogP contribution in [0.2, 0.25) is 0 Å². The van der Waals surface area contributed by atoms with Crippen LogP contribution < -0.4 is 15.4 Å². The van der Waals surface area contributed by atoms with Crippen molar-refractivity contribution < 1.29 is 14.3 Å². The maximum Gasteiger partial charge on any atom is 0.251 e. The third kappa shape index (κ3) is 5.46. The second kappa shape index (κ2) is 10.7. The van der Waals surface area contributed by atoms with Gasteiger partial charge in [0.05, 0.1) is 7.11 Å². The van der Waals surface area contributed by atoms with E-state index in [0.29, 0.717) is 12.1 Å². The Morgan fingerprint density at radius 2 is 1.65 bits per heavy atom. The Bertz CT molecular complexity index is 1250. The van der Waals surface area contributed by atoms with Gasteiger partial charge in [-0.05, 0) is 48.4 Å². The number of aromatic amines is 1. The molecule has 2 unspecified atom stereocenters. The van der Waals surface area contributed by atoms with E-state index in [1.165, 1.54) is 0 Å². The second-order valence-electron chi connectivity index (χ2n) is 8.36. The molecule has 0 aliphatic carbocycles. The Morgan fingerprint density at radius 3 is 2.38 bits per heavy atom. The van der Waals surface area contributed by atoms with Gasteiger partial charge in [-0.3, -0.25) is 9.59 Å². The molecule has 2 atom stereocenters. The van der Waals surface area contributed by atoms with E-state index in [4.69, 9.17) is 4.74 Å². The van der Waals surface area contributed by atoms with Crippen LogP contribution in [0.4, 0.5) is 0 Å². The molecule has 0 aliphatic heterocycles. The number of fused-ring (bicyclic) bond motifs is 1. The summed E-state index contributed by atoms with van der Waals surface area (Å²) in [7, 11) is 1.64. The first kappa shape index (κ1) is 23.1. The minimum atomic E-state index is -0.291. The molecule has 34 heavy (non-hydrogen) atoms. The van der Waals surface area contributed by atoms with E-state index in [9.17, 15) is 9.59 Å². The average Bonchev–Trinajstić information content (AvgIpc) is 3.29. The SMILES string of the molecule is COc1ccc(C(CNC(=O)CC(C)NC(=O)c2ccccc2)c2c[nH]c3ccccc23)cc1. The summed E-state index contributed by atoms with van der Waals surface area (Å²) in [5.41, 5.74) is 3.83. The zero-order valence-corrected chi connectivity index (χ0v) is 19.4. The largest absolute Gasteiger partial charge is 0.497 e. The van der Waals surface area contributed by atoms with Crippen molar-refractivity contribution in [2.75, 3.05) is 13.7 Å². The van der Waals surface area contributed by atoms with E-state index < -0.39 is 0 Å².